The summed E-state index contributed by atoms with van der Waals surface area (Å²) in [7, 11) is 1.37. The van der Waals surface area contributed by atoms with Crippen LogP contribution in [0.5, 0.6) is 0 Å². The van der Waals surface area contributed by atoms with E-state index in [4.69, 9.17) is 18.9 Å². The standard InChI is InChI=1S/C16H23N3O6/c1-18-15(20)13(12-17)14(16(18)21)19-2-4-22-6-8-24-10-11-25-9-7-23-5-3-19/h2-11H2,1H3. The minimum Gasteiger partial charge on any atom is -0.377 e. The number of carbonyl (C=O) groups is 2. The largest absolute Gasteiger partial charge is 0.377 e. The fraction of sp³-hybridized carbons (Fsp3) is 0.688. The van der Waals surface area contributed by atoms with Gasteiger partial charge in [0.15, 0.2) is 0 Å². The lowest BCUT2D eigenvalue weighted by atomic mass is 10.2. The highest BCUT2D eigenvalue weighted by atomic mass is 16.6. The predicted molar refractivity (Wildman–Crippen MR) is 85.3 cm³/mol. The predicted octanol–water partition coefficient (Wildman–Crippen LogP) is -0.855. The van der Waals surface area contributed by atoms with Gasteiger partial charge in [-0.05, 0) is 0 Å². The van der Waals surface area contributed by atoms with Gasteiger partial charge in [0.2, 0.25) is 0 Å². The molecule has 0 bridgehead atoms. The Morgan fingerprint density at radius 2 is 1.24 bits per heavy atom. The third-order valence-electron chi connectivity index (χ3n) is 3.82. The van der Waals surface area contributed by atoms with E-state index in [0.29, 0.717) is 65.9 Å². The van der Waals surface area contributed by atoms with Gasteiger partial charge in [0.1, 0.15) is 17.3 Å². The van der Waals surface area contributed by atoms with Gasteiger partial charge in [0.05, 0.1) is 52.9 Å². The molecule has 2 heterocycles. The lowest BCUT2D eigenvalue weighted by Gasteiger charge is -2.25. The summed E-state index contributed by atoms with van der Waals surface area (Å²) in [4.78, 5) is 27.0. The molecule has 0 aromatic rings. The molecule has 0 saturated carbocycles. The summed E-state index contributed by atoms with van der Waals surface area (Å²) in [6, 6.07) is 1.84. The van der Waals surface area contributed by atoms with Crippen LogP contribution in [0.25, 0.3) is 0 Å². The van der Waals surface area contributed by atoms with Gasteiger partial charge in [-0.3, -0.25) is 14.5 Å². The van der Waals surface area contributed by atoms with Crippen LogP contribution < -0.4 is 0 Å². The van der Waals surface area contributed by atoms with Gasteiger partial charge in [-0.1, -0.05) is 0 Å². The SMILES string of the molecule is CN1C(=O)C(C#N)=C(N2CCOCCOCCOCCOCC2)C1=O. The maximum Gasteiger partial charge on any atom is 0.278 e. The molecule has 0 aliphatic carbocycles. The monoisotopic (exact) mass is 353 g/mol. The summed E-state index contributed by atoms with van der Waals surface area (Å²) in [6.45, 7) is 4.15. The van der Waals surface area contributed by atoms with Crippen molar-refractivity contribution >= 4 is 11.8 Å². The van der Waals surface area contributed by atoms with Gasteiger partial charge in [0.25, 0.3) is 11.8 Å². The summed E-state index contributed by atoms with van der Waals surface area (Å²) in [6.07, 6.45) is 0. The van der Waals surface area contributed by atoms with Gasteiger partial charge in [-0.15, -0.1) is 0 Å². The van der Waals surface area contributed by atoms with Crippen molar-refractivity contribution in [2.75, 3.05) is 73.0 Å². The number of hydrogen-bond acceptors (Lipinski definition) is 8. The zero-order chi connectivity index (χ0) is 18.1. The number of ether oxygens (including phenoxy) is 4. The first-order valence-corrected chi connectivity index (χ1v) is 8.19. The summed E-state index contributed by atoms with van der Waals surface area (Å²) >= 11 is 0. The minimum atomic E-state index is -0.581. The Labute approximate surface area is 146 Å². The van der Waals surface area contributed by atoms with Gasteiger partial charge >= 0.3 is 0 Å². The molecule has 9 heteroatoms. The van der Waals surface area contributed by atoms with Gasteiger partial charge in [-0.2, -0.15) is 5.26 Å². The van der Waals surface area contributed by atoms with E-state index in [1.807, 2.05) is 6.07 Å². The number of carbonyl (C=O) groups excluding carboxylic acids is 2. The number of amides is 2. The van der Waals surface area contributed by atoms with E-state index >= 15 is 0 Å². The van der Waals surface area contributed by atoms with Crippen molar-refractivity contribution in [2.45, 2.75) is 0 Å². The third-order valence-corrected chi connectivity index (χ3v) is 3.82. The van der Waals surface area contributed by atoms with E-state index in [1.54, 1.807) is 4.90 Å². The van der Waals surface area contributed by atoms with Crippen LogP contribution in [0.4, 0.5) is 0 Å². The van der Waals surface area contributed by atoms with E-state index < -0.39 is 11.8 Å². The zero-order valence-electron chi connectivity index (χ0n) is 14.4. The lowest BCUT2D eigenvalue weighted by molar-refractivity contribution is -0.136. The molecule has 2 aliphatic rings. The molecule has 0 radical (unpaired) electrons. The van der Waals surface area contributed by atoms with Crippen LogP contribution in [0.1, 0.15) is 0 Å². The number of hydrogen-bond donors (Lipinski definition) is 0. The Kier molecular flexibility index (Phi) is 7.81. The normalized spacial score (nSPS) is 22.6. The zero-order valence-corrected chi connectivity index (χ0v) is 14.4. The number of nitriles is 1. The highest BCUT2D eigenvalue weighted by Crippen LogP contribution is 2.22. The molecule has 1 saturated heterocycles. The van der Waals surface area contributed by atoms with Gasteiger partial charge in [0, 0.05) is 20.1 Å². The first-order chi connectivity index (χ1) is 12.2. The third kappa shape index (κ3) is 5.24. The van der Waals surface area contributed by atoms with E-state index in [9.17, 15) is 14.9 Å². The molecule has 25 heavy (non-hydrogen) atoms. The molecule has 2 amide bonds. The summed E-state index contributed by atoms with van der Waals surface area (Å²) in [5.74, 6) is -1.06. The first kappa shape index (κ1) is 19.3. The molecule has 2 rings (SSSR count). The molecular formula is C16H23N3O6. The maximum absolute atomic E-state index is 12.3. The number of rotatable bonds is 1. The van der Waals surface area contributed by atoms with Crippen LogP contribution in [0.3, 0.4) is 0 Å². The van der Waals surface area contributed by atoms with E-state index in [2.05, 4.69) is 0 Å². The van der Waals surface area contributed by atoms with Crippen molar-refractivity contribution in [3.63, 3.8) is 0 Å². The molecule has 0 aromatic heterocycles. The van der Waals surface area contributed by atoms with E-state index in [1.165, 1.54) is 7.05 Å². The molecule has 2 aliphatic heterocycles. The number of nitrogens with zero attached hydrogens (tertiary/aromatic N) is 3. The van der Waals surface area contributed by atoms with Crippen molar-refractivity contribution in [2.24, 2.45) is 0 Å². The van der Waals surface area contributed by atoms with Crippen molar-refractivity contribution in [1.82, 2.24) is 9.80 Å². The van der Waals surface area contributed by atoms with Crippen LogP contribution in [0.2, 0.25) is 0 Å². The second-order valence-electron chi connectivity index (χ2n) is 5.44. The van der Waals surface area contributed by atoms with Crippen molar-refractivity contribution in [3.05, 3.63) is 11.3 Å². The average molecular weight is 353 g/mol. The van der Waals surface area contributed by atoms with Crippen LogP contribution in [0.15, 0.2) is 11.3 Å². The fourth-order valence-corrected chi connectivity index (χ4v) is 2.47. The Morgan fingerprint density at radius 3 is 1.68 bits per heavy atom. The second-order valence-corrected chi connectivity index (χ2v) is 5.44. The van der Waals surface area contributed by atoms with Crippen molar-refractivity contribution < 1.29 is 28.5 Å². The Bertz CT molecular complexity index is 541. The van der Waals surface area contributed by atoms with Crippen molar-refractivity contribution in [1.29, 1.82) is 5.26 Å². The van der Waals surface area contributed by atoms with Crippen LogP contribution >= 0.6 is 0 Å². The lowest BCUT2D eigenvalue weighted by Crippen LogP contribution is -2.36. The van der Waals surface area contributed by atoms with E-state index in [0.717, 1.165) is 4.90 Å². The molecular weight excluding hydrogens is 330 g/mol. The summed E-state index contributed by atoms with van der Waals surface area (Å²) in [5.41, 5.74) is -0.0314. The van der Waals surface area contributed by atoms with Gasteiger partial charge < -0.3 is 23.8 Å². The minimum absolute atomic E-state index is 0.110. The smallest absolute Gasteiger partial charge is 0.278 e. The highest BCUT2D eigenvalue weighted by Gasteiger charge is 2.38. The molecule has 0 N–H and O–H groups in total. The fourth-order valence-electron chi connectivity index (χ4n) is 2.47. The van der Waals surface area contributed by atoms with Crippen LogP contribution in [-0.2, 0) is 28.5 Å². The van der Waals surface area contributed by atoms with Crippen LogP contribution in [0, 0.1) is 11.3 Å². The molecule has 138 valence electrons. The van der Waals surface area contributed by atoms with Crippen LogP contribution in [-0.4, -0.2) is 94.6 Å². The molecule has 0 unspecified atom stereocenters. The molecule has 0 aromatic carbocycles. The Balaban J connectivity index is 2.06. The van der Waals surface area contributed by atoms with Crippen molar-refractivity contribution in [3.8, 4) is 6.07 Å². The molecule has 1 fully saturated rings. The Morgan fingerprint density at radius 1 is 0.800 bits per heavy atom. The summed E-state index contributed by atoms with van der Waals surface area (Å²) in [5, 5.41) is 9.25. The first-order valence-electron chi connectivity index (χ1n) is 8.19. The second kappa shape index (κ2) is 10.1. The number of imide groups is 1. The summed E-state index contributed by atoms with van der Waals surface area (Å²) < 4.78 is 21.7. The molecule has 9 nitrogen and oxygen atoms in total. The van der Waals surface area contributed by atoms with E-state index in [-0.39, 0.29) is 11.3 Å². The highest BCUT2D eigenvalue weighted by molar-refractivity contribution is 6.20. The quantitative estimate of drug-likeness (QED) is 0.562. The molecule has 0 spiro atoms. The topological polar surface area (TPSA) is 101 Å². The maximum atomic E-state index is 12.3. The molecule has 0 atom stereocenters. The number of likely N-dealkylation sites (N-methyl/N-ethyl adjacent to an activating group) is 1. The van der Waals surface area contributed by atoms with Gasteiger partial charge in [-0.25, -0.2) is 0 Å². The average Bonchev–Trinajstić information content (AvgIpc) is 2.83. The Hall–Kier alpha value is -1.99.